The van der Waals surface area contributed by atoms with Gasteiger partial charge in [0.2, 0.25) is 0 Å². The fraction of sp³-hybridized carbons (Fsp3) is 0.133. The molecule has 0 bridgehead atoms. The molecule has 0 radical (unpaired) electrons. The van der Waals surface area contributed by atoms with E-state index in [1.807, 2.05) is 6.07 Å². The Kier molecular flexibility index (Phi) is 3.13. The molecule has 0 aliphatic heterocycles. The topological polar surface area (TPSA) is 54.5 Å². The zero-order valence-corrected chi connectivity index (χ0v) is 10.6. The molecule has 0 amide bonds. The largest absolute Gasteiger partial charge is 0.242 e. The van der Waals surface area contributed by atoms with Crippen LogP contribution in [0.4, 0.5) is 4.39 Å². The van der Waals surface area contributed by atoms with Crippen molar-refractivity contribution >= 4 is 11.0 Å². The second kappa shape index (κ2) is 5.10. The number of hydrogen-bond donors (Lipinski definition) is 0. The highest BCUT2D eigenvalue weighted by Gasteiger charge is 2.12. The molecule has 0 aliphatic rings. The molecule has 0 fully saturated rings. The van der Waals surface area contributed by atoms with Crippen LogP contribution in [0.25, 0.3) is 11.0 Å². The van der Waals surface area contributed by atoms with E-state index in [1.54, 1.807) is 35.1 Å². The number of halogens is 1. The van der Waals surface area contributed by atoms with Crippen LogP contribution >= 0.6 is 0 Å². The Bertz CT molecular complexity index is 801. The summed E-state index contributed by atoms with van der Waals surface area (Å²) in [6, 6.07) is 12.3. The Morgan fingerprint density at radius 2 is 2.05 bits per heavy atom. The van der Waals surface area contributed by atoms with E-state index in [-0.39, 0.29) is 12.2 Å². The van der Waals surface area contributed by atoms with Crippen LogP contribution < -0.4 is 0 Å². The van der Waals surface area contributed by atoms with Gasteiger partial charge in [0, 0.05) is 17.1 Å². The van der Waals surface area contributed by atoms with E-state index in [4.69, 9.17) is 5.26 Å². The van der Waals surface area contributed by atoms with Crippen molar-refractivity contribution in [2.75, 3.05) is 0 Å². The van der Waals surface area contributed by atoms with E-state index < -0.39 is 0 Å². The summed E-state index contributed by atoms with van der Waals surface area (Å²) in [6.07, 6.45) is 1.88. The molecule has 0 saturated heterocycles. The lowest BCUT2D eigenvalue weighted by molar-refractivity contribution is 0.587. The predicted octanol–water partition coefficient (Wildman–Crippen LogP) is 2.68. The van der Waals surface area contributed by atoms with E-state index in [2.05, 4.69) is 16.2 Å². The number of benzene rings is 1. The van der Waals surface area contributed by atoms with Crippen molar-refractivity contribution in [2.45, 2.75) is 13.0 Å². The highest BCUT2D eigenvalue weighted by Crippen LogP contribution is 2.18. The molecule has 20 heavy (non-hydrogen) atoms. The van der Waals surface area contributed by atoms with E-state index in [0.717, 1.165) is 5.39 Å². The number of aromatic nitrogens is 3. The summed E-state index contributed by atoms with van der Waals surface area (Å²) in [5, 5.41) is 14.1. The summed E-state index contributed by atoms with van der Waals surface area (Å²) in [5.74, 6) is -0.270. The van der Waals surface area contributed by atoms with Gasteiger partial charge in [-0.2, -0.15) is 10.4 Å². The summed E-state index contributed by atoms with van der Waals surface area (Å²) in [5.41, 5.74) is 1.89. The van der Waals surface area contributed by atoms with Crippen LogP contribution in [0.15, 0.2) is 42.6 Å². The molecule has 0 saturated carbocycles. The molecule has 3 aromatic rings. The van der Waals surface area contributed by atoms with Crippen molar-refractivity contribution in [1.82, 2.24) is 14.8 Å². The number of nitriles is 1. The minimum absolute atomic E-state index is 0.215. The molecule has 5 heteroatoms. The van der Waals surface area contributed by atoms with Gasteiger partial charge >= 0.3 is 0 Å². The molecule has 2 heterocycles. The van der Waals surface area contributed by atoms with Gasteiger partial charge in [-0.1, -0.05) is 18.2 Å². The van der Waals surface area contributed by atoms with E-state index in [0.29, 0.717) is 23.4 Å². The normalized spacial score (nSPS) is 10.6. The Balaban J connectivity index is 2.08. The van der Waals surface area contributed by atoms with Crippen LogP contribution in [-0.2, 0) is 13.0 Å². The van der Waals surface area contributed by atoms with Gasteiger partial charge in [-0.05, 0) is 18.2 Å². The Labute approximate surface area is 115 Å². The lowest BCUT2D eigenvalue weighted by atomic mass is 10.2. The molecule has 98 valence electrons. The second-order valence-corrected chi connectivity index (χ2v) is 4.41. The third-order valence-electron chi connectivity index (χ3n) is 3.11. The SMILES string of the molecule is N#CCc1nn(Cc2ccccc2F)c2ncccc12. The molecule has 2 aromatic heterocycles. The van der Waals surface area contributed by atoms with Crippen LogP contribution in [0.3, 0.4) is 0 Å². The average Bonchev–Trinajstić information content (AvgIpc) is 2.81. The lowest BCUT2D eigenvalue weighted by Crippen LogP contribution is -2.04. The van der Waals surface area contributed by atoms with Crippen molar-refractivity contribution in [3.05, 3.63) is 59.7 Å². The van der Waals surface area contributed by atoms with E-state index >= 15 is 0 Å². The van der Waals surface area contributed by atoms with Gasteiger partial charge in [0.1, 0.15) is 5.82 Å². The van der Waals surface area contributed by atoms with Crippen molar-refractivity contribution < 1.29 is 4.39 Å². The van der Waals surface area contributed by atoms with Gasteiger partial charge in [-0.15, -0.1) is 0 Å². The quantitative estimate of drug-likeness (QED) is 0.732. The van der Waals surface area contributed by atoms with Gasteiger partial charge in [0.15, 0.2) is 5.65 Å². The molecule has 1 aromatic carbocycles. The first-order valence-electron chi connectivity index (χ1n) is 6.20. The first-order valence-corrected chi connectivity index (χ1v) is 6.20. The molecule has 0 atom stereocenters. The monoisotopic (exact) mass is 266 g/mol. The molecule has 3 rings (SSSR count). The van der Waals surface area contributed by atoms with Crippen LogP contribution in [-0.4, -0.2) is 14.8 Å². The molecular formula is C15H11FN4. The third-order valence-corrected chi connectivity index (χ3v) is 3.11. The van der Waals surface area contributed by atoms with Crippen molar-refractivity contribution in [1.29, 1.82) is 5.26 Å². The summed E-state index contributed by atoms with van der Waals surface area (Å²) < 4.78 is 15.4. The van der Waals surface area contributed by atoms with Gasteiger partial charge in [0.25, 0.3) is 0 Å². The average molecular weight is 266 g/mol. The van der Waals surface area contributed by atoms with Gasteiger partial charge in [-0.3, -0.25) is 0 Å². The van der Waals surface area contributed by atoms with Crippen LogP contribution in [0.2, 0.25) is 0 Å². The minimum Gasteiger partial charge on any atom is -0.242 e. The fourth-order valence-electron chi connectivity index (χ4n) is 2.18. The highest BCUT2D eigenvalue weighted by molar-refractivity contribution is 5.78. The van der Waals surface area contributed by atoms with Crippen LogP contribution in [0, 0.1) is 17.1 Å². The fourth-order valence-corrected chi connectivity index (χ4v) is 2.18. The van der Waals surface area contributed by atoms with Crippen molar-refractivity contribution in [3.8, 4) is 6.07 Å². The zero-order valence-electron chi connectivity index (χ0n) is 10.6. The maximum absolute atomic E-state index is 13.7. The third kappa shape index (κ3) is 2.12. The number of fused-ring (bicyclic) bond motifs is 1. The standard InChI is InChI=1S/C15H11FN4/c16-13-6-2-1-4-11(13)10-20-15-12(5-3-9-18-15)14(19-20)7-8-17/h1-6,9H,7,10H2. The molecule has 0 N–H and O–H groups in total. The summed E-state index contributed by atoms with van der Waals surface area (Å²) in [7, 11) is 0. The summed E-state index contributed by atoms with van der Waals surface area (Å²) in [6.45, 7) is 0.297. The van der Waals surface area contributed by atoms with Crippen molar-refractivity contribution in [2.24, 2.45) is 0 Å². The molecular weight excluding hydrogens is 255 g/mol. The van der Waals surface area contributed by atoms with E-state index in [9.17, 15) is 4.39 Å². The smallest absolute Gasteiger partial charge is 0.158 e. The lowest BCUT2D eigenvalue weighted by Gasteiger charge is -2.04. The van der Waals surface area contributed by atoms with Gasteiger partial charge in [-0.25, -0.2) is 14.1 Å². The number of hydrogen-bond acceptors (Lipinski definition) is 3. The van der Waals surface area contributed by atoms with E-state index in [1.165, 1.54) is 6.07 Å². The molecule has 0 spiro atoms. The van der Waals surface area contributed by atoms with Crippen molar-refractivity contribution in [3.63, 3.8) is 0 Å². The number of pyridine rings is 1. The van der Waals surface area contributed by atoms with Crippen LogP contribution in [0.1, 0.15) is 11.3 Å². The summed E-state index contributed by atoms with van der Waals surface area (Å²) >= 11 is 0. The van der Waals surface area contributed by atoms with Gasteiger partial charge in [0.05, 0.1) is 24.7 Å². The predicted molar refractivity (Wildman–Crippen MR) is 72.3 cm³/mol. The highest BCUT2D eigenvalue weighted by atomic mass is 19.1. The number of nitrogens with zero attached hydrogens (tertiary/aromatic N) is 4. The first kappa shape index (κ1) is 12.3. The Morgan fingerprint density at radius 1 is 1.20 bits per heavy atom. The summed E-state index contributed by atoms with van der Waals surface area (Å²) in [4.78, 5) is 4.28. The molecule has 0 aliphatic carbocycles. The van der Waals surface area contributed by atoms with Crippen LogP contribution in [0.5, 0.6) is 0 Å². The maximum atomic E-state index is 13.7. The zero-order chi connectivity index (χ0) is 13.9. The second-order valence-electron chi connectivity index (χ2n) is 4.41. The molecule has 4 nitrogen and oxygen atoms in total. The number of rotatable bonds is 3. The minimum atomic E-state index is -0.270. The maximum Gasteiger partial charge on any atom is 0.158 e. The first-order chi connectivity index (χ1) is 9.79. The Morgan fingerprint density at radius 3 is 2.85 bits per heavy atom. The Hall–Kier alpha value is -2.74. The van der Waals surface area contributed by atoms with Gasteiger partial charge < -0.3 is 0 Å². The molecule has 0 unspecified atom stereocenters.